The lowest BCUT2D eigenvalue weighted by atomic mass is 10.0. The van der Waals surface area contributed by atoms with Gasteiger partial charge in [0, 0.05) is 12.1 Å². The quantitative estimate of drug-likeness (QED) is 0.731. The van der Waals surface area contributed by atoms with Gasteiger partial charge in [-0.3, -0.25) is 9.89 Å². The number of aromatic amines is 1. The summed E-state index contributed by atoms with van der Waals surface area (Å²) in [6.07, 6.45) is 0.311. The van der Waals surface area contributed by atoms with Crippen molar-refractivity contribution in [1.82, 2.24) is 15.5 Å². The predicted octanol–water partition coefficient (Wildman–Crippen LogP) is 2.22. The van der Waals surface area contributed by atoms with E-state index in [1.807, 2.05) is 38.1 Å². The molecule has 0 aliphatic heterocycles. The topological polar surface area (TPSA) is 87.2 Å². The smallest absolute Gasteiger partial charge is 0.269 e. The Hall–Kier alpha value is -2.34. The number of hydrogen-bond acceptors (Lipinski definition) is 4. The third kappa shape index (κ3) is 4.32. The summed E-state index contributed by atoms with van der Waals surface area (Å²) in [7, 11) is 1.60. The fraction of sp³-hybridized carbons (Fsp3) is 0.412. The van der Waals surface area contributed by atoms with Crippen LogP contribution < -0.4 is 10.1 Å². The normalized spacial score (nSPS) is 13.4. The SMILES string of the molecule is CCC(C)C(O)CNC(=O)c1cc(-c2cccc(OC)c2)n[nH]1. The maximum atomic E-state index is 12.1. The number of benzene rings is 1. The van der Waals surface area contributed by atoms with E-state index in [0.717, 1.165) is 17.7 Å². The number of ether oxygens (including phenoxy) is 1. The van der Waals surface area contributed by atoms with Crippen LogP contribution in [0.25, 0.3) is 11.3 Å². The van der Waals surface area contributed by atoms with Crippen LogP contribution in [0.3, 0.4) is 0 Å². The summed E-state index contributed by atoms with van der Waals surface area (Å²) in [5, 5.41) is 19.5. The molecule has 0 aliphatic rings. The average Bonchev–Trinajstić information content (AvgIpc) is 3.08. The van der Waals surface area contributed by atoms with Crippen molar-refractivity contribution in [2.24, 2.45) is 5.92 Å². The highest BCUT2D eigenvalue weighted by Gasteiger charge is 2.16. The zero-order valence-corrected chi connectivity index (χ0v) is 13.7. The van der Waals surface area contributed by atoms with Crippen molar-refractivity contribution >= 4 is 5.91 Å². The maximum absolute atomic E-state index is 12.1. The van der Waals surface area contributed by atoms with Gasteiger partial charge in [0.25, 0.3) is 5.91 Å². The van der Waals surface area contributed by atoms with E-state index in [-0.39, 0.29) is 18.4 Å². The van der Waals surface area contributed by atoms with E-state index in [4.69, 9.17) is 4.74 Å². The number of carbonyl (C=O) groups is 1. The van der Waals surface area contributed by atoms with Crippen molar-refractivity contribution in [3.05, 3.63) is 36.0 Å². The number of carbonyl (C=O) groups excluding carboxylic acids is 1. The molecule has 1 aromatic carbocycles. The minimum Gasteiger partial charge on any atom is -0.497 e. The number of methoxy groups -OCH3 is 1. The third-order valence-corrected chi connectivity index (χ3v) is 3.96. The Kier molecular flexibility index (Phi) is 5.76. The summed E-state index contributed by atoms with van der Waals surface area (Å²) in [6.45, 7) is 4.18. The Morgan fingerprint density at radius 1 is 1.43 bits per heavy atom. The van der Waals surface area contributed by atoms with Crippen LogP contribution in [-0.4, -0.2) is 41.0 Å². The zero-order valence-electron chi connectivity index (χ0n) is 13.7. The Balaban J connectivity index is 2.02. The van der Waals surface area contributed by atoms with Crippen molar-refractivity contribution in [3.63, 3.8) is 0 Å². The lowest BCUT2D eigenvalue weighted by Gasteiger charge is -2.17. The second-order valence-corrected chi connectivity index (χ2v) is 5.56. The molecule has 3 N–H and O–H groups in total. The third-order valence-electron chi connectivity index (χ3n) is 3.96. The predicted molar refractivity (Wildman–Crippen MR) is 88.4 cm³/mol. The summed E-state index contributed by atoms with van der Waals surface area (Å²) >= 11 is 0. The first-order valence-corrected chi connectivity index (χ1v) is 7.71. The molecule has 2 rings (SSSR count). The molecule has 0 radical (unpaired) electrons. The molecule has 2 aromatic rings. The van der Waals surface area contributed by atoms with Gasteiger partial charge in [-0.2, -0.15) is 5.10 Å². The van der Waals surface area contributed by atoms with Crippen molar-refractivity contribution < 1.29 is 14.6 Å². The number of hydrogen-bond donors (Lipinski definition) is 3. The molecule has 1 amide bonds. The van der Waals surface area contributed by atoms with Crippen molar-refractivity contribution in [2.75, 3.05) is 13.7 Å². The molecule has 1 heterocycles. The van der Waals surface area contributed by atoms with Crippen molar-refractivity contribution in [2.45, 2.75) is 26.4 Å². The molecular weight excluding hydrogens is 294 g/mol. The first-order chi connectivity index (χ1) is 11.0. The lowest BCUT2D eigenvalue weighted by molar-refractivity contribution is 0.0846. The zero-order chi connectivity index (χ0) is 16.8. The molecule has 6 heteroatoms. The van der Waals surface area contributed by atoms with E-state index in [0.29, 0.717) is 11.4 Å². The van der Waals surface area contributed by atoms with Gasteiger partial charge >= 0.3 is 0 Å². The lowest BCUT2D eigenvalue weighted by Crippen LogP contribution is -2.35. The molecule has 0 aliphatic carbocycles. The Morgan fingerprint density at radius 2 is 2.22 bits per heavy atom. The van der Waals surface area contributed by atoms with Crippen LogP contribution >= 0.6 is 0 Å². The summed E-state index contributed by atoms with van der Waals surface area (Å²) in [6, 6.07) is 9.14. The molecule has 0 saturated carbocycles. The van der Waals surface area contributed by atoms with E-state index >= 15 is 0 Å². The van der Waals surface area contributed by atoms with Gasteiger partial charge in [-0.1, -0.05) is 32.4 Å². The number of aromatic nitrogens is 2. The monoisotopic (exact) mass is 317 g/mol. The number of nitrogens with one attached hydrogen (secondary N) is 2. The van der Waals surface area contributed by atoms with Gasteiger partial charge in [0.05, 0.1) is 18.9 Å². The molecule has 0 saturated heterocycles. The van der Waals surface area contributed by atoms with E-state index in [9.17, 15) is 9.90 Å². The first kappa shape index (κ1) is 17.0. The van der Waals surface area contributed by atoms with Crippen LogP contribution in [-0.2, 0) is 0 Å². The van der Waals surface area contributed by atoms with Crippen LogP contribution in [0.2, 0.25) is 0 Å². The number of rotatable bonds is 7. The van der Waals surface area contributed by atoms with Gasteiger partial charge in [-0.25, -0.2) is 0 Å². The fourth-order valence-corrected chi connectivity index (χ4v) is 2.13. The van der Waals surface area contributed by atoms with E-state index < -0.39 is 6.10 Å². The Labute approximate surface area is 135 Å². The summed E-state index contributed by atoms with van der Waals surface area (Å²) in [4.78, 5) is 12.1. The van der Waals surface area contributed by atoms with Gasteiger partial charge in [0.2, 0.25) is 0 Å². The van der Waals surface area contributed by atoms with Crippen molar-refractivity contribution in [1.29, 1.82) is 0 Å². The van der Waals surface area contributed by atoms with E-state index in [1.165, 1.54) is 0 Å². The minimum absolute atomic E-state index is 0.143. The highest BCUT2D eigenvalue weighted by atomic mass is 16.5. The summed E-state index contributed by atoms with van der Waals surface area (Å²) < 4.78 is 5.18. The number of amides is 1. The molecule has 124 valence electrons. The van der Waals surface area contributed by atoms with E-state index in [1.54, 1.807) is 13.2 Å². The average molecular weight is 317 g/mol. The highest BCUT2D eigenvalue weighted by Crippen LogP contribution is 2.22. The molecule has 0 fully saturated rings. The van der Waals surface area contributed by atoms with Crippen LogP contribution in [0.15, 0.2) is 30.3 Å². The molecule has 0 bridgehead atoms. The molecule has 23 heavy (non-hydrogen) atoms. The van der Waals surface area contributed by atoms with Gasteiger partial charge in [0.1, 0.15) is 11.4 Å². The maximum Gasteiger partial charge on any atom is 0.269 e. The molecule has 2 atom stereocenters. The molecule has 6 nitrogen and oxygen atoms in total. The number of aliphatic hydroxyl groups excluding tert-OH is 1. The number of H-pyrrole nitrogens is 1. The summed E-state index contributed by atoms with van der Waals surface area (Å²) in [5.41, 5.74) is 1.88. The van der Waals surface area contributed by atoms with E-state index in [2.05, 4.69) is 15.5 Å². The second kappa shape index (κ2) is 7.78. The fourth-order valence-electron chi connectivity index (χ4n) is 2.13. The van der Waals surface area contributed by atoms with Crippen LogP contribution in [0.4, 0.5) is 0 Å². The molecular formula is C17H23N3O3. The molecule has 0 spiro atoms. The minimum atomic E-state index is -0.551. The Bertz CT molecular complexity index is 654. The first-order valence-electron chi connectivity index (χ1n) is 7.71. The summed E-state index contributed by atoms with van der Waals surface area (Å²) in [5.74, 6) is 0.589. The van der Waals surface area contributed by atoms with Gasteiger partial charge in [0.15, 0.2) is 0 Å². The van der Waals surface area contributed by atoms with Crippen LogP contribution in [0, 0.1) is 5.92 Å². The highest BCUT2D eigenvalue weighted by molar-refractivity contribution is 5.93. The van der Waals surface area contributed by atoms with Gasteiger partial charge in [-0.15, -0.1) is 0 Å². The van der Waals surface area contributed by atoms with Gasteiger partial charge in [-0.05, 0) is 24.1 Å². The van der Waals surface area contributed by atoms with Crippen LogP contribution in [0.5, 0.6) is 5.75 Å². The molecule has 1 aromatic heterocycles. The standard InChI is InChI=1S/C17H23N3O3/c1-4-11(2)16(21)10-18-17(22)15-9-14(19-20-15)12-6-5-7-13(8-12)23-3/h5-9,11,16,21H,4,10H2,1-3H3,(H,18,22)(H,19,20). The van der Waals surface area contributed by atoms with Crippen LogP contribution in [0.1, 0.15) is 30.8 Å². The van der Waals surface area contributed by atoms with Gasteiger partial charge < -0.3 is 15.2 Å². The number of aliphatic hydroxyl groups is 1. The van der Waals surface area contributed by atoms with Crippen molar-refractivity contribution in [3.8, 4) is 17.0 Å². The largest absolute Gasteiger partial charge is 0.497 e. The second-order valence-electron chi connectivity index (χ2n) is 5.56. The molecule has 2 unspecified atom stereocenters. The number of nitrogens with zero attached hydrogens (tertiary/aromatic N) is 1. The Morgan fingerprint density at radius 3 is 2.91 bits per heavy atom.